The molecule has 0 aliphatic heterocycles. The fourth-order valence-corrected chi connectivity index (χ4v) is 1.90. The van der Waals surface area contributed by atoms with Crippen molar-refractivity contribution in [2.75, 3.05) is 0 Å². The van der Waals surface area contributed by atoms with E-state index in [4.69, 9.17) is 9.84 Å². The molecule has 0 atom stereocenters. The van der Waals surface area contributed by atoms with Crippen LogP contribution < -0.4 is 4.74 Å². The molecule has 1 N–H and O–H groups in total. The Labute approximate surface area is 138 Å². The number of halogens is 3. The van der Waals surface area contributed by atoms with Crippen LogP contribution in [0.1, 0.15) is 11.1 Å². The third kappa shape index (κ3) is 4.80. The number of benzene rings is 2. The number of ether oxygens (including phenoxy) is 1. The van der Waals surface area contributed by atoms with Crippen molar-refractivity contribution in [3.63, 3.8) is 0 Å². The van der Waals surface area contributed by atoms with Gasteiger partial charge in [-0.25, -0.2) is 4.79 Å². The lowest BCUT2D eigenvalue weighted by atomic mass is 10.1. The van der Waals surface area contributed by atoms with Crippen LogP contribution in [0.4, 0.5) is 18.9 Å². The average Bonchev–Trinajstić information content (AvgIpc) is 2.52. The second kappa shape index (κ2) is 7.04. The Bertz CT molecular complexity index is 846. The normalized spacial score (nSPS) is 11.5. The fourth-order valence-electron chi connectivity index (χ4n) is 1.90. The molecule has 130 valence electrons. The van der Waals surface area contributed by atoms with E-state index >= 15 is 0 Å². The zero-order valence-electron chi connectivity index (χ0n) is 12.4. The Kier molecular flexibility index (Phi) is 5.06. The lowest BCUT2D eigenvalue weighted by Gasteiger charge is -2.10. The summed E-state index contributed by atoms with van der Waals surface area (Å²) in [6, 6.07) is 7.82. The second-order valence-electron chi connectivity index (χ2n) is 4.78. The van der Waals surface area contributed by atoms with Gasteiger partial charge in [-0.2, -0.15) is 13.2 Å². The van der Waals surface area contributed by atoms with Gasteiger partial charge in [0, 0.05) is 12.1 Å². The average molecular weight is 353 g/mol. The highest BCUT2D eigenvalue weighted by molar-refractivity contribution is 5.85. The molecule has 2 rings (SSSR count). The van der Waals surface area contributed by atoms with Gasteiger partial charge in [0.1, 0.15) is 5.75 Å². The van der Waals surface area contributed by atoms with Gasteiger partial charge in [0.05, 0.1) is 10.5 Å². The molecule has 0 unspecified atom stereocenters. The van der Waals surface area contributed by atoms with Crippen LogP contribution in [0.2, 0.25) is 0 Å². The van der Waals surface area contributed by atoms with Gasteiger partial charge in [-0.15, -0.1) is 0 Å². The second-order valence-corrected chi connectivity index (χ2v) is 4.78. The number of carboxylic acids is 1. The zero-order valence-corrected chi connectivity index (χ0v) is 12.4. The Hall–Kier alpha value is -3.36. The molecule has 0 aromatic heterocycles. The number of hydrogen-bond acceptors (Lipinski definition) is 4. The van der Waals surface area contributed by atoms with Gasteiger partial charge < -0.3 is 9.84 Å². The van der Waals surface area contributed by atoms with E-state index in [0.717, 1.165) is 12.1 Å². The summed E-state index contributed by atoms with van der Waals surface area (Å²) in [7, 11) is 0. The van der Waals surface area contributed by atoms with E-state index in [1.165, 1.54) is 24.3 Å². The Morgan fingerprint density at radius 3 is 2.52 bits per heavy atom. The van der Waals surface area contributed by atoms with Crippen molar-refractivity contribution >= 4 is 17.7 Å². The molecule has 2 aromatic carbocycles. The minimum atomic E-state index is -4.72. The number of hydrogen-bond donors (Lipinski definition) is 1. The van der Waals surface area contributed by atoms with Crippen LogP contribution in [0.5, 0.6) is 11.5 Å². The summed E-state index contributed by atoms with van der Waals surface area (Å²) >= 11 is 0. The molecule has 0 saturated carbocycles. The topological polar surface area (TPSA) is 89.7 Å². The maximum absolute atomic E-state index is 12.7. The number of alkyl halides is 3. The van der Waals surface area contributed by atoms with Crippen molar-refractivity contribution in [2.45, 2.75) is 6.18 Å². The third-order valence-corrected chi connectivity index (χ3v) is 2.99. The van der Waals surface area contributed by atoms with E-state index in [-0.39, 0.29) is 11.5 Å². The van der Waals surface area contributed by atoms with Gasteiger partial charge in [0.25, 0.3) is 0 Å². The van der Waals surface area contributed by atoms with Crippen LogP contribution >= 0.6 is 0 Å². The minimum Gasteiger partial charge on any atom is -0.478 e. The van der Waals surface area contributed by atoms with E-state index in [1.54, 1.807) is 6.07 Å². The minimum absolute atomic E-state index is 0.107. The quantitative estimate of drug-likeness (QED) is 0.485. The first kappa shape index (κ1) is 18.0. The zero-order chi connectivity index (χ0) is 18.6. The van der Waals surface area contributed by atoms with Crippen LogP contribution in [0.3, 0.4) is 0 Å². The highest BCUT2D eigenvalue weighted by Crippen LogP contribution is 2.37. The fraction of sp³-hybridized carbons (Fsp3) is 0.0625. The number of nitrogens with zero attached hydrogens (tertiary/aromatic N) is 1. The number of aliphatic carboxylic acids is 1. The Morgan fingerprint density at radius 1 is 1.20 bits per heavy atom. The summed E-state index contributed by atoms with van der Waals surface area (Å²) in [5.74, 6) is -1.42. The van der Waals surface area contributed by atoms with Crippen molar-refractivity contribution < 1.29 is 32.7 Å². The van der Waals surface area contributed by atoms with E-state index in [2.05, 4.69) is 0 Å². The van der Waals surface area contributed by atoms with Crippen LogP contribution in [0, 0.1) is 10.1 Å². The Morgan fingerprint density at radius 2 is 1.92 bits per heavy atom. The summed E-state index contributed by atoms with van der Waals surface area (Å²) in [5, 5.41) is 19.6. The molecule has 2 aromatic rings. The van der Waals surface area contributed by atoms with Crippen molar-refractivity contribution in [1.82, 2.24) is 0 Å². The van der Waals surface area contributed by atoms with Crippen molar-refractivity contribution in [1.29, 1.82) is 0 Å². The van der Waals surface area contributed by atoms with E-state index in [0.29, 0.717) is 17.7 Å². The first-order valence-electron chi connectivity index (χ1n) is 6.71. The highest BCUT2D eigenvalue weighted by Gasteiger charge is 2.33. The van der Waals surface area contributed by atoms with Gasteiger partial charge in [-0.1, -0.05) is 12.1 Å². The van der Waals surface area contributed by atoms with Crippen LogP contribution in [0.25, 0.3) is 6.08 Å². The Balaban J connectivity index is 2.35. The first-order valence-corrected chi connectivity index (χ1v) is 6.71. The molecule has 25 heavy (non-hydrogen) atoms. The van der Waals surface area contributed by atoms with Crippen molar-refractivity contribution in [3.05, 3.63) is 69.8 Å². The van der Waals surface area contributed by atoms with Gasteiger partial charge in [-0.3, -0.25) is 10.1 Å². The molecule has 0 bridgehead atoms. The highest BCUT2D eigenvalue weighted by atomic mass is 19.4. The monoisotopic (exact) mass is 353 g/mol. The van der Waals surface area contributed by atoms with Crippen LogP contribution in [-0.4, -0.2) is 16.0 Å². The SMILES string of the molecule is O=C(O)C=Cc1cccc(Oc2ccc(C(F)(F)F)cc2[N+](=O)[O-])c1. The van der Waals surface area contributed by atoms with Gasteiger partial charge in [-0.05, 0) is 35.9 Å². The maximum Gasteiger partial charge on any atom is 0.416 e. The summed E-state index contributed by atoms with van der Waals surface area (Å²) in [6.45, 7) is 0. The maximum atomic E-state index is 12.7. The summed E-state index contributed by atoms with van der Waals surface area (Å²) in [4.78, 5) is 20.5. The van der Waals surface area contributed by atoms with Gasteiger partial charge in [0.2, 0.25) is 5.75 Å². The molecule has 0 spiro atoms. The standard InChI is InChI=1S/C16H10F3NO5/c17-16(18,19)11-5-6-14(13(9-11)20(23)24)25-12-3-1-2-10(8-12)4-7-15(21)22/h1-9H,(H,21,22). The number of carboxylic acid groups (broad SMARTS) is 1. The molecular formula is C16H10F3NO5. The number of nitro groups is 1. The summed E-state index contributed by atoms with van der Waals surface area (Å²) in [5.41, 5.74) is -1.56. The molecule has 6 nitrogen and oxygen atoms in total. The van der Waals surface area contributed by atoms with Gasteiger partial charge >= 0.3 is 17.8 Å². The molecule has 9 heteroatoms. The third-order valence-electron chi connectivity index (χ3n) is 2.99. The molecule has 0 heterocycles. The summed E-state index contributed by atoms with van der Waals surface area (Å²) < 4.78 is 43.3. The van der Waals surface area contributed by atoms with E-state index < -0.39 is 28.3 Å². The predicted molar refractivity (Wildman–Crippen MR) is 81.3 cm³/mol. The molecule has 0 aliphatic carbocycles. The number of rotatable bonds is 5. The molecule has 0 fully saturated rings. The van der Waals surface area contributed by atoms with Gasteiger partial charge in [0.15, 0.2) is 0 Å². The summed E-state index contributed by atoms with van der Waals surface area (Å²) in [6.07, 6.45) is -2.55. The number of carbonyl (C=O) groups is 1. The van der Waals surface area contributed by atoms with E-state index in [1.807, 2.05) is 0 Å². The lowest BCUT2D eigenvalue weighted by Crippen LogP contribution is -2.06. The molecule has 0 saturated heterocycles. The molecular weight excluding hydrogens is 343 g/mol. The first-order chi connectivity index (χ1) is 11.7. The molecule has 0 amide bonds. The smallest absolute Gasteiger partial charge is 0.416 e. The van der Waals surface area contributed by atoms with Crippen molar-refractivity contribution in [3.8, 4) is 11.5 Å². The largest absolute Gasteiger partial charge is 0.478 e. The molecule has 0 radical (unpaired) electrons. The van der Waals surface area contributed by atoms with E-state index in [9.17, 15) is 28.1 Å². The lowest BCUT2D eigenvalue weighted by molar-refractivity contribution is -0.385. The number of nitro benzene ring substituents is 1. The van der Waals surface area contributed by atoms with Crippen LogP contribution in [0.15, 0.2) is 48.5 Å². The predicted octanol–water partition coefficient (Wildman–Crippen LogP) is 4.50. The molecule has 0 aliphatic rings. The van der Waals surface area contributed by atoms with Crippen LogP contribution in [-0.2, 0) is 11.0 Å². The van der Waals surface area contributed by atoms with Crippen molar-refractivity contribution in [2.24, 2.45) is 0 Å².